The van der Waals surface area contributed by atoms with Gasteiger partial charge in [0.25, 0.3) is 0 Å². The van der Waals surface area contributed by atoms with Gasteiger partial charge in [-0.25, -0.2) is 14.8 Å². The monoisotopic (exact) mass is 288 g/mol. The maximum absolute atomic E-state index is 11.9. The van der Waals surface area contributed by atoms with Crippen LogP contribution < -0.4 is 10.6 Å². The molecule has 2 rings (SSSR count). The normalized spacial score (nSPS) is 12.0. The Morgan fingerprint density at radius 2 is 2.10 bits per heavy atom. The molecule has 3 N–H and O–H groups in total. The Bertz CT molecular complexity index is 592. The molecule has 0 aromatic carbocycles. The first-order chi connectivity index (χ1) is 10.1. The summed E-state index contributed by atoms with van der Waals surface area (Å²) in [6, 6.07) is 1.67. The first-order valence-corrected chi connectivity index (χ1v) is 6.96. The zero-order chi connectivity index (χ0) is 15.2. The fraction of sp³-hybridized carbons (Fsp3) is 0.429. The Morgan fingerprint density at radius 1 is 1.38 bits per heavy atom. The van der Waals surface area contributed by atoms with E-state index in [4.69, 9.17) is 0 Å². The zero-order valence-electron chi connectivity index (χ0n) is 12.5. The fourth-order valence-corrected chi connectivity index (χ4v) is 1.94. The summed E-state index contributed by atoms with van der Waals surface area (Å²) < 4.78 is 0. The number of hydrogen-bond donors (Lipinski definition) is 3. The number of carbonyl (C=O) groups is 1. The van der Waals surface area contributed by atoms with Gasteiger partial charge in [-0.05, 0) is 19.9 Å². The minimum Gasteiger partial charge on any atom is -0.335 e. The predicted molar refractivity (Wildman–Crippen MR) is 80.1 cm³/mol. The number of anilines is 1. The molecule has 0 radical (unpaired) electrons. The topological polar surface area (TPSA) is 95.6 Å². The van der Waals surface area contributed by atoms with E-state index in [0.29, 0.717) is 12.1 Å². The number of hydrogen-bond acceptors (Lipinski definition) is 4. The summed E-state index contributed by atoms with van der Waals surface area (Å²) in [5, 5.41) is 12.6. The molecule has 0 bridgehead atoms. The number of H-pyrrole nitrogens is 1. The molecule has 2 heterocycles. The third kappa shape index (κ3) is 4.55. The van der Waals surface area contributed by atoms with Gasteiger partial charge in [0, 0.05) is 24.6 Å². The van der Waals surface area contributed by atoms with Gasteiger partial charge in [0.05, 0.1) is 23.8 Å². The van der Waals surface area contributed by atoms with Crippen molar-refractivity contribution in [3.8, 4) is 0 Å². The standard InChI is InChI=1S/C14H20N6O/c1-4-13-15-7-12(8-16-13)18-14(21)17-9(2)5-11-6-10(3)19-20-11/h6-9H,4-5H2,1-3H3,(H,19,20)(H2,17,18,21)/t9-/m0/s1. The van der Waals surface area contributed by atoms with E-state index in [1.165, 1.54) is 0 Å². The van der Waals surface area contributed by atoms with Crippen molar-refractivity contribution < 1.29 is 4.79 Å². The number of aromatic amines is 1. The highest BCUT2D eigenvalue weighted by Gasteiger charge is 2.10. The van der Waals surface area contributed by atoms with Crippen molar-refractivity contribution in [2.45, 2.75) is 39.7 Å². The summed E-state index contributed by atoms with van der Waals surface area (Å²) in [5.74, 6) is 0.753. The van der Waals surface area contributed by atoms with Crippen molar-refractivity contribution >= 4 is 11.7 Å². The number of carbonyl (C=O) groups excluding carboxylic acids is 1. The molecule has 2 aromatic heterocycles. The van der Waals surface area contributed by atoms with Crippen LogP contribution in [0.2, 0.25) is 0 Å². The molecular weight excluding hydrogens is 268 g/mol. The van der Waals surface area contributed by atoms with Gasteiger partial charge in [0.2, 0.25) is 0 Å². The average molecular weight is 288 g/mol. The Hall–Kier alpha value is -2.44. The summed E-state index contributed by atoms with van der Waals surface area (Å²) >= 11 is 0. The van der Waals surface area contributed by atoms with Crippen LogP contribution in [0.1, 0.15) is 31.1 Å². The molecule has 7 nitrogen and oxygen atoms in total. The van der Waals surface area contributed by atoms with Gasteiger partial charge in [-0.15, -0.1) is 0 Å². The van der Waals surface area contributed by atoms with E-state index in [1.807, 2.05) is 26.8 Å². The van der Waals surface area contributed by atoms with Gasteiger partial charge in [0.15, 0.2) is 0 Å². The lowest BCUT2D eigenvalue weighted by molar-refractivity contribution is 0.249. The molecule has 0 saturated heterocycles. The highest BCUT2D eigenvalue weighted by molar-refractivity contribution is 5.89. The van der Waals surface area contributed by atoms with Gasteiger partial charge in [-0.3, -0.25) is 5.10 Å². The first kappa shape index (κ1) is 15.0. The van der Waals surface area contributed by atoms with Crippen LogP contribution in [0.5, 0.6) is 0 Å². The van der Waals surface area contributed by atoms with Crippen molar-refractivity contribution in [2.24, 2.45) is 0 Å². The van der Waals surface area contributed by atoms with Crippen LogP contribution in [0.3, 0.4) is 0 Å². The zero-order valence-corrected chi connectivity index (χ0v) is 12.5. The van der Waals surface area contributed by atoms with Crippen LogP contribution in [0.25, 0.3) is 0 Å². The van der Waals surface area contributed by atoms with Crippen LogP contribution in [0.15, 0.2) is 18.5 Å². The van der Waals surface area contributed by atoms with Crippen LogP contribution >= 0.6 is 0 Å². The van der Waals surface area contributed by atoms with E-state index in [9.17, 15) is 4.79 Å². The molecule has 0 aliphatic heterocycles. The summed E-state index contributed by atoms with van der Waals surface area (Å²) in [6.45, 7) is 5.86. The highest BCUT2D eigenvalue weighted by atomic mass is 16.2. The van der Waals surface area contributed by atoms with Crippen molar-refractivity contribution in [2.75, 3.05) is 5.32 Å². The van der Waals surface area contributed by atoms with Crippen LogP contribution in [-0.4, -0.2) is 32.2 Å². The lowest BCUT2D eigenvalue weighted by atomic mass is 10.2. The van der Waals surface area contributed by atoms with Crippen molar-refractivity contribution in [3.05, 3.63) is 35.7 Å². The van der Waals surface area contributed by atoms with Crippen LogP contribution in [0, 0.1) is 6.92 Å². The third-order valence-corrected chi connectivity index (χ3v) is 2.93. The molecule has 0 unspecified atom stereocenters. The lowest BCUT2D eigenvalue weighted by Gasteiger charge is -2.13. The molecule has 2 amide bonds. The lowest BCUT2D eigenvalue weighted by Crippen LogP contribution is -2.37. The van der Waals surface area contributed by atoms with Gasteiger partial charge in [-0.1, -0.05) is 6.92 Å². The van der Waals surface area contributed by atoms with Gasteiger partial charge in [-0.2, -0.15) is 5.10 Å². The largest absolute Gasteiger partial charge is 0.335 e. The molecule has 0 aliphatic carbocycles. The number of nitrogens with zero attached hydrogens (tertiary/aromatic N) is 3. The Labute approximate surface area is 123 Å². The summed E-state index contributed by atoms with van der Waals surface area (Å²) in [4.78, 5) is 20.1. The van der Waals surface area contributed by atoms with E-state index in [1.54, 1.807) is 12.4 Å². The van der Waals surface area contributed by atoms with Crippen LogP contribution in [-0.2, 0) is 12.8 Å². The third-order valence-electron chi connectivity index (χ3n) is 2.93. The molecule has 0 fully saturated rings. The molecule has 21 heavy (non-hydrogen) atoms. The van der Waals surface area contributed by atoms with E-state index >= 15 is 0 Å². The Balaban J connectivity index is 1.82. The molecule has 0 spiro atoms. The second-order valence-corrected chi connectivity index (χ2v) is 4.99. The molecule has 0 saturated carbocycles. The Kier molecular flexibility index (Phi) is 4.86. The molecule has 7 heteroatoms. The van der Waals surface area contributed by atoms with Crippen molar-refractivity contribution in [1.29, 1.82) is 0 Å². The first-order valence-electron chi connectivity index (χ1n) is 6.96. The second-order valence-electron chi connectivity index (χ2n) is 4.99. The van der Waals surface area contributed by atoms with E-state index < -0.39 is 0 Å². The summed E-state index contributed by atoms with van der Waals surface area (Å²) in [6.07, 6.45) is 4.65. The van der Waals surface area contributed by atoms with E-state index in [0.717, 1.165) is 23.6 Å². The molecule has 112 valence electrons. The number of aromatic nitrogens is 4. The minimum absolute atomic E-state index is 0.0245. The average Bonchev–Trinajstić information content (AvgIpc) is 2.84. The molecular formula is C14H20N6O. The number of aryl methyl sites for hydroxylation is 2. The quantitative estimate of drug-likeness (QED) is 0.782. The highest BCUT2D eigenvalue weighted by Crippen LogP contribution is 2.04. The minimum atomic E-state index is -0.275. The van der Waals surface area contributed by atoms with Crippen molar-refractivity contribution in [1.82, 2.24) is 25.5 Å². The number of urea groups is 1. The van der Waals surface area contributed by atoms with Gasteiger partial charge >= 0.3 is 6.03 Å². The van der Waals surface area contributed by atoms with Crippen LogP contribution in [0.4, 0.5) is 10.5 Å². The maximum Gasteiger partial charge on any atom is 0.319 e. The molecule has 1 atom stereocenters. The Morgan fingerprint density at radius 3 is 2.67 bits per heavy atom. The number of amides is 2. The maximum atomic E-state index is 11.9. The molecule has 2 aromatic rings. The second kappa shape index (κ2) is 6.83. The predicted octanol–water partition coefficient (Wildman–Crippen LogP) is 1.82. The van der Waals surface area contributed by atoms with E-state index in [2.05, 4.69) is 30.8 Å². The van der Waals surface area contributed by atoms with Gasteiger partial charge in [0.1, 0.15) is 5.82 Å². The summed E-state index contributed by atoms with van der Waals surface area (Å²) in [7, 11) is 0. The van der Waals surface area contributed by atoms with Gasteiger partial charge < -0.3 is 10.6 Å². The SMILES string of the molecule is CCc1ncc(NC(=O)N[C@@H](C)Cc2cc(C)[nH]n2)cn1. The summed E-state index contributed by atoms with van der Waals surface area (Å²) in [5.41, 5.74) is 2.51. The van der Waals surface area contributed by atoms with E-state index in [-0.39, 0.29) is 12.1 Å². The molecule has 0 aliphatic rings. The number of rotatable bonds is 5. The smallest absolute Gasteiger partial charge is 0.319 e. The number of nitrogens with one attached hydrogen (secondary N) is 3. The van der Waals surface area contributed by atoms with Crippen molar-refractivity contribution in [3.63, 3.8) is 0 Å². The fourth-order valence-electron chi connectivity index (χ4n) is 1.94.